The lowest BCUT2D eigenvalue weighted by Crippen LogP contribution is -2.46. The highest BCUT2D eigenvalue weighted by Crippen LogP contribution is 2.35. The number of piperazine rings is 1. The molecule has 3 aliphatic rings. The van der Waals surface area contributed by atoms with Crippen LogP contribution < -0.4 is 26.2 Å². The number of nitrogens with zero attached hydrogens (tertiary/aromatic N) is 7. The summed E-state index contributed by atoms with van der Waals surface area (Å²) in [6, 6.07) is 7.44. The Labute approximate surface area is 231 Å². The Hall–Kier alpha value is -3.94. The number of amides is 1. The number of morpholine rings is 1. The Balaban J connectivity index is 1.24. The molecule has 2 aromatic heterocycles. The van der Waals surface area contributed by atoms with Crippen molar-refractivity contribution in [3.05, 3.63) is 47.8 Å². The van der Waals surface area contributed by atoms with Crippen molar-refractivity contribution in [2.24, 2.45) is 0 Å². The molecule has 1 amide bonds. The number of fused-ring (bicyclic) bond motifs is 1. The van der Waals surface area contributed by atoms with E-state index in [9.17, 15) is 4.79 Å². The number of aromatic nitrogens is 4. The predicted molar refractivity (Wildman–Crippen MR) is 153 cm³/mol. The summed E-state index contributed by atoms with van der Waals surface area (Å²) in [5.74, 6) is 1.65. The molecule has 0 unspecified atom stereocenters. The first-order valence-electron chi connectivity index (χ1n) is 13.1. The van der Waals surface area contributed by atoms with E-state index in [2.05, 4.69) is 25.5 Å². The van der Waals surface area contributed by atoms with Crippen LogP contribution in [0, 0.1) is 0 Å². The summed E-state index contributed by atoms with van der Waals surface area (Å²) < 4.78 is 5.53. The fourth-order valence-electron chi connectivity index (χ4n) is 4.98. The average Bonchev–Trinajstić information content (AvgIpc) is 3.42. The van der Waals surface area contributed by atoms with Gasteiger partial charge in [-0.25, -0.2) is 15.0 Å². The van der Waals surface area contributed by atoms with Crippen LogP contribution in [0.5, 0.6) is 0 Å². The number of ether oxygens (including phenoxy) is 1. The monoisotopic (exact) mass is 546 g/mol. The summed E-state index contributed by atoms with van der Waals surface area (Å²) in [7, 11) is 0. The number of rotatable bonds is 4. The molecule has 202 valence electrons. The Morgan fingerprint density at radius 3 is 2.44 bits per heavy atom. The number of anilines is 4. The van der Waals surface area contributed by atoms with Gasteiger partial charge in [0.15, 0.2) is 5.11 Å². The minimum absolute atomic E-state index is 0.0469. The van der Waals surface area contributed by atoms with Gasteiger partial charge in [0, 0.05) is 80.6 Å². The van der Waals surface area contributed by atoms with Gasteiger partial charge in [0.2, 0.25) is 11.9 Å². The van der Waals surface area contributed by atoms with Gasteiger partial charge in [-0.2, -0.15) is 4.98 Å². The zero-order valence-electron chi connectivity index (χ0n) is 21.5. The van der Waals surface area contributed by atoms with Gasteiger partial charge in [-0.15, -0.1) is 0 Å². The maximum absolute atomic E-state index is 12.8. The molecule has 0 spiro atoms. The number of nitrogens with two attached hydrogens (primary N) is 1. The van der Waals surface area contributed by atoms with Crippen molar-refractivity contribution in [1.29, 1.82) is 0 Å². The van der Waals surface area contributed by atoms with Crippen molar-refractivity contribution >= 4 is 46.6 Å². The molecule has 0 radical (unpaired) electrons. The van der Waals surface area contributed by atoms with Crippen molar-refractivity contribution in [2.75, 3.05) is 79.9 Å². The molecule has 6 rings (SSSR count). The Kier molecular flexibility index (Phi) is 7.18. The first-order chi connectivity index (χ1) is 19.1. The predicted octanol–water partition coefficient (Wildman–Crippen LogP) is 1.16. The molecule has 13 heteroatoms. The van der Waals surface area contributed by atoms with Crippen LogP contribution in [0.4, 0.5) is 23.4 Å². The minimum atomic E-state index is 0.0469. The third-order valence-electron chi connectivity index (χ3n) is 7.09. The van der Waals surface area contributed by atoms with Crippen LogP contribution in [-0.4, -0.2) is 94.9 Å². The van der Waals surface area contributed by atoms with Crippen LogP contribution in [0.25, 0.3) is 11.3 Å². The molecule has 3 aliphatic heterocycles. The van der Waals surface area contributed by atoms with Gasteiger partial charge in [0.25, 0.3) is 5.91 Å². The number of carbonyl (C=O) groups excluding carboxylic acids is 1. The number of thiocarbonyl (C=S) groups is 1. The normalized spacial score (nSPS) is 17.2. The van der Waals surface area contributed by atoms with Crippen LogP contribution in [0.1, 0.15) is 15.9 Å². The van der Waals surface area contributed by atoms with E-state index < -0.39 is 0 Å². The average molecular weight is 547 g/mol. The standard InChI is InChI=1S/C26H30N10O2S/c27-24-29-15-18(16-30-24)21-20-5-8-36(22(20)33-25(32-21)35-11-13-38-14-12-35)26(39)31-19-3-1-17(2-4-19)23(37)34-9-6-28-7-10-34/h1-4,15-16,28H,5-14H2,(H,31,39)(H2,27,29,30). The molecule has 0 aliphatic carbocycles. The molecule has 2 fully saturated rings. The van der Waals surface area contributed by atoms with E-state index in [4.69, 9.17) is 32.7 Å². The molecule has 39 heavy (non-hydrogen) atoms. The number of benzene rings is 1. The van der Waals surface area contributed by atoms with Gasteiger partial charge >= 0.3 is 0 Å². The van der Waals surface area contributed by atoms with E-state index in [1.54, 1.807) is 12.4 Å². The first kappa shape index (κ1) is 25.3. The van der Waals surface area contributed by atoms with E-state index >= 15 is 0 Å². The molecular weight excluding hydrogens is 516 g/mol. The lowest BCUT2D eigenvalue weighted by molar-refractivity contribution is 0.0736. The van der Waals surface area contributed by atoms with Gasteiger partial charge in [-0.3, -0.25) is 4.79 Å². The molecule has 12 nitrogen and oxygen atoms in total. The second kappa shape index (κ2) is 11.0. The van der Waals surface area contributed by atoms with Gasteiger partial charge < -0.3 is 35.8 Å². The van der Waals surface area contributed by atoms with Crippen LogP contribution in [0.15, 0.2) is 36.7 Å². The summed E-state index contributed by atoms with van der Waals surface area (Å²) >= 11 is 5.83. The molecular formula is C26H30N10O2S. The lowest BCUT2D eigenvalue weighted by Gasteiger charge is -2.28. The highest BCUT2D eigenvalue weighted by molar-refractivity contribution is 7.80. The van der Waals surface area contributed by atoms with Crippen LogP contribution in [0.2, 0.25) is 0 Å². The van der Waals surface area contributed by atoms with Crippen molar-refractivity contribution in [2.45, 2.75) is 6.42 Å². The number of hydrogen-bond donors (Lipinski definition) is 3. The van der Waals surface area contributed by atoms with Crippen LogP contribution >= 0.6 is 12.2 Å². The Morgan fingerprint density at radius 1 is 1.00 bits per heavy atom. The van der Waals surface area contributed by atoms with E-state index in [0.29, 0.717) is 49.5 Å². The van der Waals surface area contributed by atoms with Crippen molar-refractivity contribution in [1.82, 2.24) is 30.2 Å². The van der Waals surface area contributed by atoms with Gasteiger partial charge in [-0.1, -0.05) is 0 Å². The highest BCUT2D eigenvalue weighted by Gasteiger charge is 2.30. The summed E-state index contributed by atoms with van der Waals surface area (Å²) in [5.41, 5.74) is 9.75. The number of carbonyl (C=O) groups is 1. The van der Waals surface area contributed by atoms with E-state index in [1.165, 1.54) is 0 Å². The molecule has 0 bridgehead atoms. The maximum Gasteiger partial charge on any atom is 0.253 e. The molecule has 0 saturated carbocycles. The summed E-state index contributed by atoms with van der Waals surface area (Å²) in [6.45, 7) is 6.39. The SMILES string of the molecule is Nc1ncc(-c2nc(N3CCOCC3)nc3c2CCN3C(=S)Nc2ccc(C(=O)N3CCNCC3)cc2)cn1. The molecule has 0 atom stereocenters. The molecule has 3 aromatic rings. The molecule has 4 N–H and O–H groups in total. The minimum Gasteiger partial charge on any atom is -0.378 e. The van der Waals surface area contributed by atoms with Crippen molar-refractivity contribution in [3.8, 4) is 11.3 Å². The first-order valence-corrected chi connectivity index (χ1v) is 13.5. The molecule has 2 saturated heterocycles. The van der Waals surface area contributed by atoms with Crippen molar-refractivity contribution in [3.63, 3.8) is 0 Å². The third-order valence-corrected chi connectivity index (χ3v) is 7.41. The quantitative estimate of drug-likeness (QED) is 0.405. The number of nitrogen functional groups attached to an aromatic ring is 1. The Bertz CT molecular complexity index is 1360. The second-order valence-corrected chi connectivity index (χ2v) is 9.94. The zero-order valence-corrected chi connectivity index (χ0v) is 22.3. The lowest BCUT2D eigenvalue weighted by atomic mass is 10.1. The third kappa shape index (κ3) is 5.33. The van der Waals surface area contributed by atoms with Crippen LogP contribution in [-0.2, 0) is 11.2 Å². The number of hydrogen-bond acceptors (Lipinski definition) is 10. The van der Waals surface area contributed by atoms with Gasteiger partial charge in [0.1, 0.15) is 5.82 Å². The largest absolute Gasteiger partial charge is 0.378 e. The summed E-state index contributed by atoms with van der Waals surface area (Å²) in [6.07, 6.45) is 4.10. The number of nitrogens with one attached hydrogen (secondary N) is 2. The van der Waals surface area contributed by atoms with Gasteiger partial charge in [0.05, 0.1) is 18.9 Å². The van der Waals surface area contributed by atoms with E-state index in [-0.39, 0.29) is 11.9 Å². The molecule has 1 aromatic carbocycles. The topological polar surface area (TPSA) is 138 Å². The maximum atomic E-state index is 12.8. The van der Waals surface area contributed by atoms with Crippen molar-refractivity contribution < 1.29 is 9.53 Å². The van der Waals surface area contributed by atoms with E-state index in [0.717, 1.165) is 60.9 Å². The summed E-state index contributed by atoms with van der Waals surface area (Å²) in [5, 5.41) is 7.12. The zero-order chi connectivity index (χ0) is 26.8. The fraction of sp³-hybridized carbons (Fsp3) is 0.385. The van der Waals surface area contributed by atoms with Crippen LogP contribution in [0.3, 0.4) is 0 Å². The van der Waals surface area contributed by atoms with Gasteiger partial charge in [-0.05, 0) is 42.9 Å². The summed E-state index contributed by atoms with van der Waals surface area (Å²) in [4.78, 5) is 37.0. The van der Waals surface area contributed by atoms with E-state index in [1.807, 2.05) is 34.1 Å². The highest BCUT2D eigenvalue weighted by atomic mass is 32.1. The smallest absolute Gasteiger partial charge is 0.253 e. The Morgan fingerprint density at radius 2 is 1.72 bits per heavy atom. The molecule has 5 heterocycles. The fourth-order valence-corrected chi connectivity index (χ4v) is 5.28. The second-order valence-electron chi connectivity index (χ2n) is 9.56.